The largest absolute Gasteiger partial charge is 0.467 e. The summed E-state index contributed by atoms with van der Waals surface area (Å²) in [7, 11) is 1.42. The molecular formula is C29H32N6O3. The van der Waals surface area contributed by atoms with Crippen molar-refractivity contribution in [3.8, 4) is 22.5 Å². The molecule has 0 spiro atoms. The van der Waals surface area contributed by atoms with E-state index >= 15 is 0 Å². The summed E-state index contributed by atoms with van der Waals surface area (Å²) in [5.74, 6) is 0.251. The van der Waals surface area contributed by atoms with E-state index in [1.165, 1.54) is 7.11 Å². The molecule has 7 rings (SSSR count). The van der Waals surface area contributed by atoms with Crippen LogP contribution in [0.4, 0.5) is 0 Å². The second kappa shape index (κ2) is 9.70. The maximum atomic E-state index is 14.0. The molecule has 1 N–H and O–H groups in total. The van der Waals surface area contributed by atoms with Crippen molar-refractivity contribution in [3.05, 3.63) is 75.7 Å². The number of H-pyrrole nitrogens is 1. The van der Waals surface area contributed by atoms with Gasteiger partial charge in [-0.05, 0) is 60.4 Å². The SMILES string of the molecule is CCCCc1c(Cc2ccc(-c3ccccc3-c3nn[nH]n3)cc2)c(=O)n2n1C1CCC2(C(=O)OC)CC1. The summed E-state index contributed by atoms with van der Waals surface area (Å²) in [5, 5.41) is 14.5. The van der Waals surface area contributed by atoms with Gasteiger partial charge in [0.25, 0.3) is 5.56 Å². The Morgan fingerprint density at radius 3 is 2.50 bits per heavy atom. The molecule has 3 aliphatic rings. The van der Waals surface area contributed by atoms with Crippen LogP contribution in [0.15, 0.2) is 53.3 Å². The minimum Gasteiger partial charge on any atom is -0.467 e. The first kappa shape index (κ1) is 24.3. The lowest BCUT2D eigenvalue weighted by atomic mass is 9.77. The quantitative estimate of drug-likeness (QED) is 0.350. The molecule has 9 heteroatoms. The Kier molecular flexibility index (Phi) is 6.21. The lowest BCUT2D eigenvalue weighted by Gasteiger charge is -2.47. The molecule has 2 aromatic heterocycles. The zero-order valence-corrected chi connectivity index (χ0v) is 21.8. The molecule has 2 aromatic carbocycles. The van der Waals surface area contributed by atoms with Gasteiger partial charge in [0.15, 0.2) is 5.54 Å². The number of fused-ring (bicyclic) bond motifs is 2. The highest BCUT2D eigenvalue weighted by Crippen LogP contribution is 2.46. The number of methoxy groups -OCH3 is 1. The van der Waals surface area contributed by atoms with E-state index in [0.29, 0.717) is 25.1 Å². The van der Waals surface area contributed by atoms with Gasteiger partial charge in [-0.1, -0.05) is 61.9 Å². The molecule has 4 heterocycles. The van der Waals surface area contributed by atoms with Gasteiger partial charge in [0, 0.05) is 23.2 Å². The van der Waals surface area contributed by atoms with Crippen molar-refractivity contribution in [2.24, 2.45) is 0 Å². The van der Waals surface area contributed by atoms with Gasteiger partial charge in [0.05, 0.1) is 13.2 Å². The van der Waals surface area contributed by atoms with E-state index < -0.39 is 5.54 Å². The molecule has 1 saturated carbocycles. The molecular weight excluding hydrogens is 480 g/mol. The third-order valence-corrected chi connectivity index (χ3v) is 8.32. The van der Waals surface area contributed by atoms with E-state index in [4.69, 9.17) is 4.74 Å². The summed E-state index contributed by atoms with van der Waals surface area (Å²) in [4.78, 5) is 27.0. The van der Waals surface area contributed by atoms with Gasteiger partial charge in [0.1, 0.15) is 0 Å². The van der Waals surface area contributed by atoms with Gasteiger partial charge in [-0.25, -0.2) is 9.48 Å². The van der Waals surface area contributed by atoms with Gasteiger partial charge in [-0.15, -0.1) is 10.2 Å². The van der Waals surface area contributed by atoms with E-state index in [0.717, 1.165) is 65.6 Å². The van der Waals surface area contributed by atoms with Crippen LogP contribution in [0.2, 0.25) is 0 Å². The number of aromatic amines is 1. The van der Waals surface area contributed by atoms with Gasteiger partial charge >= 0.3 is 5.97 Å². The fourth-order valence-electron chi connectivity index (χ4n) is 6.41. The monoisotopic (exact) mass is 512 g/mol. The predicted octanol–water partition coefficient (Wildman–Crippen LogP) is 4.43. The number of aromatic nitrogens is 6. The fraction of sp³-hybridized carbons (Fsp3) is 0.414. The third kappa shape index (κ3) is 3.79. The van der Waals surface area contributed by atoms with Crippen molar-refractivity contribution < 1.29 is 9.53 Å². The van der Waals surface area contributed by atoms with Crippen LogP contribution >= 0.6 is 0 Å². The smallest absolute Gasteiger partial charge is 0.333 e. The number of hydrogen-bond acceptors (Lipinski definition) is 6. The fourth-order valence-corrected chi connectivity index (χ4v) is 6.41. The molecule has 2 aliphatic heterocycles. The van der Waals surface area contributed by atoms with Crippen LogP contribution < -0.4 is 5.56 Å². The molecule has 1 aliphatic carbocycles. The number of tetrazole rings is 1. The van der Waals surface area contributed by atoms with E-state index in [1.54, 1.807) is 4.68 Å². The normalized spacial score (nSPS) is 19.9. The first-order chi connectivity index (χ1) is 18.6. The highest BCUT2D eigenvalue weighted by Gasteiger charge is 2.53. The summed E-state index contributed by atoms with van der Waals surface area (Å²) in [5.41, 5.74) is 4.97. The number of nitrogens with zero attached hydrogens (tertiary/aromatic N) is 5. The number of unbranched alkanes of at least 4 members (excludes halogenated alkanes) is 1. The Labute approximate surface area is 220 Å². The zero-order valence-electron chi connectivity index (χ0n) is 21.8. The molecule has 0 atom stereocenters. The number of benzene rings is 2. The Morgan fingerprint density at radius 2 is 1.84 bits per heavy atom. The summed E-state index contributed by atoms with van der Waals surface area (Å²) in [6.07, 6.45) is 6.53. The van der Waals surface area contributed by atoms with Gasteiger partial charge < -0.3 is 4.74 Å². The molecule has 38 heavy (non-hydrogen) atoms. The van der Waals surface area contributed by atoms with Crippen molar-refractivity contribution in [2.45, 2.75) is 69.9 Å². The number of ether oxygens (including phenoxy) is 1. The van der Waals surface area contributed by atoms with Gasteiger partial charge in [-0.3, -0.25) is 9.48 Å². The zero-order chi connectivity index (χ0) is 26.3. The highest BCUT2D eigenvalue weighted by molar-refractivity contribution is 5.80. The second-order valence-electron chi connectivity index (χ2n) is 10.4. The summed E-state index contributed by atoms with van der Waals surface area (Å²) >= 11 is 0. The molecule has 0 saturated heterocycles. The van der Waals surface area contributed by atoms with Crippen LogP contribution in [0.1, 0.15) is 68.3 Å². The van der Waals surface area contributed by atoms with E-state index in [2.05, 4.69) is 56.5 Å². The van der Waals surface area contributed by atoms with Crippen molar-refractivity contribution in [3.63, 3.8) is 0 Å². The van der Waals surface area contributed by atoms with E-state index in [-0.39, 0.29) is 17.6 Å². The number of carbonyl (C=O) groups excluding carboxylic acids is 1. The predicted molar refractivity (Wildman–Crippen MR) is 143 cm³/mol. The molecule has 4 aromatic rings. The van der Waals surface area contributed by atoms with E-state index in [9.17, 15) is 9.59 Å². The van der Waals surface area contributed by atoms with Crippen molar-refractivity contribution >= 4 is 5.97 Å². The van der Waals surface area contributed by atoms with Crippen molar-refractivity contribution in [2.75, 3.05) is 7.11 Å². The van der Waals surface area contributed by atoms with Crippen LogP contribution in [-0.2, 0) is 27.9 Å². The van der Waals surface area contributed by atoms with Crippen LogP contribution in [0.5, 0.6) is 0 Å². The number of rotatable bonds is 8. The standard InChI is InChI=1S/C29H32N6O3/c1-3-4-9-25-24(27(36)35-29(28(37)38-2)16-14-21(15-17-29)34(25)35)18-19-10-12-20(13-11-19)22-7-5-6-8-23(22)26-30-32-33-31-26/h5-8,10-13,21H,3-4,9,14-18H2,1-2H3,(H,30,31,32,33). The van der Waals surface area contributed by atoms with Crippen LogP contribution in [0, 0.1) is 0 Å². The number of esters is 1. The Morgan fingerprint density at radius 1 is 1.11 bits per heavy atom. The summed E-state index contributed by atoms with van der Waals surface area (Å²) in [6, 6.07) is 16.5. The average Bonchev–Trinajstić information content (AvgIpc) is 3.61. The maximum absolute atomic E-state index is 14.0. The lowest BCUT2D eigenvalue weighted by Crippen LogP contribution is -2.57. The molecule has 9 nitrogen and oxygen atoms in total. The Balaban J connectivity index is 1.38. The highest BCUT2D eigenvalue weighted by atomic mass is 16.5. The van der Waals surface area contributed by atoms with Crippen LogP contribution in [0.25, 0.3) is 22.5 Å². The minimum atomic E-state index is -0.886. The Bertz CT molecular complexity index is 1510. The Hall–Kier alpha value is -4.01. The van der Waals surface area contributed by atoms with Gasteiger partial charge in [0.2, 0.25) is 5.82 Å². The number of carbonyl (C=O) groups is 1. The van der Waals surface area contributed by atoms with Gasteiger partial charge in [-0.2, -0.15) is 5.21 Å². The summed E-state index contributed by atoms with van der Waals surface area (Å²) < 4.78 is 9.18. The van der Waals surface area contributed by atoms with Crippen molar-refractivity contribution in [1.82, 2.24) is 30.0 Å². The van der Waals surface area contributed by atoms with Crippen molar-refractivity contribution in [1.29, 1.82) is 0 Å². The number of hydrogen-bond donors (Lipinski definition) is 1. The molecule has 0 amide bonds. The molecule has 1 fully saturated rings. The second-order valence-corrected chi connectivity index (χ2v) is 10.4. The molecule has 0 radical (unpaired) electrons. The number of nitrogens with one attached hydrogen (secondary N) is 1. The maximum Gasteiger partial charge on any atom is 0.333 e. The lowest BCUT2D eigenvalue weighted by molar-refractivity contribution is -0.158. The summed E-state index contributed by atoms with van der Waals surface area (Å²) in [6.45, 7) is 2.16. The first-order valence-corrected chi connectivity index (χ1v) is 13.4. The minimum absolute atomic E-state index is 0.0440. The van der Waals surface area contributed by atoms with Crippen LogP contribution in [0.3, 0.4) is 0 Å². The van der Waals surface area contributed by atoms with E-state index in [1.807, 2.05) is 24.3 Å². The molecule has 196 valence electrons. The first-order valence-electron chi connectivity index (χ1n) is 13.4. The molecule has 0 unspecified atom stereocenters. The topological polar surface area (TPSA) is 108 Å². The van der Waals surface area contributed by atoms with Crippen LogP contribution in [-0.4, -0.2) is 43.1 Å². The third-order valence-electron chi connectivity index (χ3n) is 8.32. The molecule has 2 bridgehead atoms. The average molecular weight is 513 g/mol.